The number of benzene rings is 2. The maximum atomic E-state index is 11.9. The van der Waals surface area contributed by atoms with Gasteiger partial charge in [-0.3, -0.25) is 4.79 Å². The van der Waals surface area contributed by atoms with E-state index in [1.165, 1.54) is 0 Å². The van der Waals surface area contributed by atoms with E-state index < -0.39 is 0 Å². The van der Waals surface area contributed by atoms with Crippen molar-refractivity contribution in [3.05, 3.63) is 60.2 Å². The summed E-state index contributed by atoms with van der Waals surface area (Å²) in [6.45, 7) is 3.97. The minimum atomic E-state index is -0.306. The Kier molecular flexibility index (Phi) is 6.37. The van der Waals surface area contributed by atoms with E-state index in [9.17, 15) is 4.79 Å². The van der Waals surface area contributed by atoms with Gasteiger partial charge in [0.2, 0.25) is 0 Å². The Morgan fingerprint density at radius 2 is 1.67 bits per heavy atom. The van der Waals surface area contributed by atoms with Gasteiger partial charge in [0.05, 0.1) is 12.8 Å². The zero-order valence-electron chi connectivity index (χ0n) is 14.2. The predicted molar refractivity (Wildman–Crippen MR) is 94.4 cm³/mol. The Labute approximate surface area is 142 Å². The fourth-order valence-electron chi connectivity index (χ4n) is 2.11. The molecule has 126 valence electrons. The van der Waals surface area contributed by atoms with Crippen molar-refractivity contribution in [3.63, 3.8) is 0 Å². The second-order valence-corrected chi connectivity index (χ2v) is 5.52. The van der Waals surface area contributed by atoms with Gasteiger partial charge >= 0.3 is 0 Å². The van der Waals surface area contributed by atoms with E-state index in [1.54, 1.807) is 31.4 Å². The minimum Gasteiger partial charge on any atom is -0.497 e. The summed E-state index contributed by atoms with van der Waals surface area (Å²) in [6, 6.07) is 16.8. The Hall–Kier alpha value is -2.82. The quantitative estimate of drug-likeness (QED) is 0.627. The summed E-state index contributed by atoms with van der Waals surface area (Å²) in [6.07, 6.45) is 0. The minimum absolute atomic E-state index is 0.101. The Balaban J connectivity index is 1.92. The number of ether oxygens (including phenoxy) is 2. The van der Waals surface area contributed by atoms with Crippen LogP contribution in [-0.4, -0.2) is 25.3 Å². The van der Waals surface area contributed by atoms with Gasteiger partial charge in [-0.25, -0.2) is 5.43 Å². The van der Waals surface area contributed by atoms with Crippen molar-refractivity contribution in [2.75, 3.05) is 13.7 Å². The van der Waals surface area contributed by atoms with Crippen LogP contribution in [0.2, 0.25) is 0 Å². The number of methoxy groups -OCH3 is 1. The number of amides is 1. The molecule has 1 N–H and O–H groups in total. The van der Waals surface area contributed by atoms with Crippen LogP contribution in [0.5, 0.6) is 11.5 Å². The average molecular weight is 326 g/mol. The van der Waals surface area contributed by atoms with Gasteiger partial charge in [-0.05, 0) is 35.7 Å². The van der Waals surface area contributed by atoms with Crippen LogP contribution in [0.15, 0.2) is 59.7 Å². The molecule has 0 saturated carbocycles. The molecule has 0 heterocycles. The van der Waals surface area contributed by atoms with E-state index in [0.717, 1.165) is 17.0 Å². The maximum Gasteiger partial charge on any atom is 0.277 e. The summed E-state index contributed by atoms with van der Waals surface area (Å²) < 4.78 is 10.5. The summed E-state index contributed by atoms with van der Waals surface area (Å²) in [7, 11) is 1.60. The molecule has 0 fully saturated rings. The van der Waals surface area contributed by atoms with Crippen LogP contribution in [0.1, 0.15) is 19.4 Å². The summed E-state index contributed by atoms with van der Waals surface area (Å²) in [5.41, 5.74) is 4.37. The molecular weight excluding hydrogens is 304 g/mol. The third-order valence-corrected chi connectivity index (χ3v) is 3.35. The number of nitrogens with zero attached hydrogens (tertiary/aromatic N) is 1. The topological polar surface area (TPSA) is 59.9 Å². The van der Waals surface area contributed by atoms with Crippen molar-refractivity contribution in [1.29, 1.82) is 0 Å². The molecule has 0 aromatic heterocycles. The molecule has 0 bridgehead atoms. The smallest absolute Gasteiger partial charge is 0.277 e. The first-order valence-electron chi connectivity index (χ1n) is 7.79. The molecule has 0 unspecified atom stereocenters. The lowest BCUT2D eigenvalue weighted by Crippen LogP contribution is -2.27. The SMILES string of the molecule is COc1ccc(OCC(=O)NN=C(c2ccccc2)C(C)C)cc1. The van der Waals surface area contributed by atoms with Crippen molar-refractivity contribution < 1.29 is 14.3 Å². The van der Waals surface area contributed by atoms with Gasteiger partial charge in [-0.15, -0.1) is 0 Å². The zero-order chi connectivity index (χ0) is 17.4. The number of rotatable bonds is 7. The molecule has 2 rings (SSSR count). The standard InChI is InChI=1S/C19H22N2O3/c1-14(2)19(15-7-5-4-6-8-15)21-20-18(22)13-24-17-11-9-16(23-3)10-12-17/h4-12,14H,13H2,1-3H3,(H,20,22). The number of carbonyl (C=O) groups is 1. The molecule has 2 aromatic carbocycles. The maximum absolute atomic E-state index is 11.9. The first-order chi connectivity index (χ1) is 11.6. The number of hydrogen-bond acceptors (Lipinski definition) is 4. The molecular formula is C19H22N2O3. The zero-order valence-corrected chi connectivity index (χ0v) is 14.2. The van der Waals surface area contributed by atoms with Crippen LogP contribution >= 0.6 is 0 Å². The van der Waals surface area contributed by atoms with Crippen LogP contribution in [0.4, 0.5) is 0 Å². The summed E-state index contributed by atoms with van der Waals surface area (Å²) in [5.74, 6) is 1.22. The number of carbonyl (C=O) groups excluding carboxylic acids is 1. The van der Waals surface area contributed by atoms with Crippen LogP contribution < -0.4 is 14.9 Å². The van der Waals surface area contributed by atoms with Crippen molar-refractivity contribution >= 4 is 11.6 Å². The molecule has 1 amide bonds. The van der Waals surface area contributed by atoms with E-state index in [2.05, 4.69) is 10.5 Å². The van der Waals surface area contributed by atoms with E-state index in [-0.39, 0.29) is 18.4 Å². The molecule has 0 aliphatic heterocycles. The first-order valence-corrected chi connectivity index (χ1v) is 7.79. The van der Waals surface area contributed by atoms with Gasteiger partial charge in [0.15, 0.2) is 6.61 Å². The second kappa shape index (κ2) is 8.72. The highest BCUT2D eigenvalue weighted by molar-refractivity contribution is 6.02. The van der Waals surface area contributed by atoms with E-state index in [0.29, 0.717) is 5.75 Å². The molecule has 2 aromatic rings. The molecule has 0 aliphatic rings. The largest absolute Gasteiger partial charge is 0.497 e. The Bertz CT molecular complexity index is 680. The highest BCUT2D eigenvalue weighted by Gasteiger charge is 2.09. The van der Waals surface area contributed by atoms with Gasteiger partial charge in [0.1, 0.15) is 11.5 Å². The van der Waals surface area contributed by atoms with Gasteiger partial charge in [0, 0.05) is 0 Å². The van der Waals surface area contributed by atoms with E-state index in [4.69, 9.17) is 9.47 Å². The molecule has 5 nitrogen and oxygen atoms in total. The predicted octanol–water partition coefficient (Wildman–Crippen LogP) is 3.25. The summed E-state index contributed by atoms with van der Waals surface area (Å²) in [5, 5.41) is 4.25. The van der Waals surface area contributed by atoms with Gasteiger partial charge in [-0.2, -0.15) is 5.10 Å². The van der Waals surface area contributed by atoms with Crippen molar-refractivity contribution in [3.8, 4) is 11.5 Å². The molecule has 5 heteroatoms. The van der Waals surface area contributed by atoms with Crippen LogP contribution in [0.3, 0.4) is 0 Å². The summed E-state index contributed by atoms with van der Waals surface area (Å²) in [4.78, 5) is 11.9. The highest BCUT2D eigenvalue weighted by Crippen LogP contribution is 2.16. The monoisotopic (exact) mass is 326 g/mol. The van der Waals surface area contributed by atoms with E-state index >= 15 is 0 Å². The number of nitrogens with one attached hydrogen (secondary N) is 1. The fraction of sp³-hybridized carbons (Fsp3) is 0.263. The van der Waals surface area contributed by atoms with Gasteiger partial charge < -0.3 is 9.47 Å². The van der Waals surface area contributed by atoms with Crippen molar-refractivity contribution in [2.24, 2.45) is 11.0 Å². The summed E-state index contributed by atoms with van der Waals surface area (Å²) >= 11 is 0. The molecule has 0 radical (unpaired) electrons. The fourth-order valence-corrected chi connectivity index (χ4v) is 2.11. The molecule has 24 heavy (non-hydrogen) atoms. The third kappa shape index (κ3) is 5.12. The Morgan fingerprint density at radius 1 is 1.04 bits per heavy atom. The van der Waals surface area contributed by atoms with E-state index in [1.807, 2.05) is 44.2 Å². The number of hydrogen-bond donors (Lipinski definition) is 1. The van der Waals surface area contributed by atoms with Crippen LogP contribution in [0, 0.1) is 5.92 Å². The lowest BCUT2D eigenvalue weighted by molar-refractivity contribution is -0.123. The molecule has 0 aliphatic carbocycles. The Morgan fingerprint density at radius 3 is 2.25 bits per heavy atom. The lowest BCUT2D eigenvalue weighted by Gasteiger charge is -2.11. The van der Waals surface area contributed by atoms with Crippen molar-refractivity contribution in [1.82, 2.24) is 5.43 Å². The van der Waals surface area contributed by atoms with Crippen LogP contribution in [-0.2, 0) is 4.79 Å². The van der Waals surface area contributed by atoms with Crippen LogP contribution in [0.25, 0.3) is 0 Å². The molecule has 0 saturated heterocycles. The second-order valence-electron chi connectivity index (χ2n) is 5.52. The van der Waals surface area contributed by atoms with Gasteiger partial charge in [-0.1, -0.05) is 44.2 Å². The highest BCUT2D eigenvalue weighted by atomic mass is 16.5. The third-order valence-electron chi connectivity index (χ3n) is 3.35. The number of hydrazone groups is 1. The molecule has 0 spiro atoms. The van der Waals surface area contributed by atoms with Crippen molar-refractivity contribution in [2.45, 2.75) is 13.8 Å². The normalized spacial score (nSPS) is 11.2. The lowest BCUT2D eigenvalue weighted by atomic mass is 10.0. The first kappa shape index (κ1) is 17.5. The average Bonchev–Trinajstić information content (AvgIpc) is 2.61. The molecule has 0 atom stereocenters. The van der Waals surface area contributed by atoms with Gasteiger partial charge in [0.25, 0.3) is 5.91 Å².